The normalized spacial score (nSPS) is 11.5. The molecule has 1 aromatic heterocycles. The Balaban J connectivity index is 2.46. The largest absolute Gasteiger partial charge is 0.423 e. The lowest BCUT2D eigenvalue weighted by Gasteiger charge is -2.03. The number of nitrogens with zero attached hydrogens (tertiary/aromatic N) is 1. The summed E-state index contributed by atoms with van der Waals surface area (Å²) in [5.41, 5.74) is -0.446. The number of aromatic nitrogens is 1. The van der Waals surface area contributed by atoms with E-state index in [9.17, 15) is 13.2 Å². The van der Waals surface area contributed by atoms with Gasteiger partial charge in [-0.25, -0.2) is 18.2 Å². The standard InChI is InChI=1S/C12H10ClNO4S/c1-8-10(13)14-11(12(15)18-8)19(16,17)7-9-5-3-2-4-6-9/h2-6H,7H2,1H3. The Labute approximate surface area is 114 Å². The summed E-state index contributed by atoms with van der Waals surface area (Å²) in [4.78, 5) is 15.2. The third-order valence-corrected chi connectivity index (χ3v) is 4.32. The first-order valence-corrected chi connectivity index (χ1v) is 7.37. The highest BCUT2D eigenvalue weighted by molar-refractivity contribution is 7.90. The van der Waals surface area contributed by atoms with Gasteiger partial charge in [0.1, 0.15) is 5.76 Å². The van der Waals surface area contributed by atoms with E-state index in [-0.39, 0.29) is 16.7 Å². The van der Waals surface area contributed by atoms with Crippen LogP contribution < -0.4 is 5.63 Å². The van der Waals surface area contributed by atoms with Gasteiger partial charge in [-0.3, -0.25) is 0 Å². The minimum absolute atomic E-state index is 0.0883. The van der Waals surface area contributed by atoms with Crippen molar-refractivity contribution in [2.24, 2.45) is 0 Å². The van der Waals surface area contributed by atoms with Crippen molar-refractivity contribution < 1.29 is 12.8 Å². The highest BCUT2D eigenvalue weighted by atomic mass is 35.5. The quantitative estimate of drug-likeness (QED) is 0.866. The summed E-state index contributed by atoms with van der Waals surface area (Å²) in [6.45, 7) is 1.43. The molecule has 0 N–H and O–H groups in total. The van der Waals surface area contributed by atoms with Crippen molar-refractivity contribution >= 4 is 21.4 Å². The summed E-state index contributed by atoms with van der Waals surface area (Å²) in [5.74, 6) is -0.240. The Kier molecular flexibility index (Phi) is 3.73. The first-order chi connectivity index (χ1) is 8.90. The second kappa shape index (κ2) is 5.14. The first-order valence-electron chi connectivity index (χ1n) is 5.34. The summed E-state index contributed by atoms with van der Waals surface area (Å²) < 4.78 is 28.9. The maximum absolute atomic E-state index is 12.1. The minimum Gasteiger partial charge on any atom is -0.423 e. The van der Waals surface area contributed by atoms with Crippen LogP contribution in [0.3, 0.4) is 0 Å². The van der Waals surface area contributed by atoms with Gasteiger partial charge in [-0.15, -0.1) is 0 Å². The van der Waals surface area contributed by atoms with Gasteiger partial charge in [-0.1, -0.05) is 41.9 Å². The topological polar surface area (TPSA) is 77.2 Å². The van der Waals surface area contributed by atoms with Gasteiger partial charge in [-0.05, 0) is 12.5 Å². The molecule has 0 aliphatic heterocycles. The SMILES string of the molecule is Cc1oc(=O)c(S(=O)(=O)Cc2ccccc2)nc1Cl. The molecule has 0 saturated carbocycles. The Morgan fingerprint density at radius 1 is 1.26 bits per heavy atom. The summed E-state index contributed by atoms with van der Waals surface area (Å²) >= 11 is 5.69. The van der Waals surface area contributed by atoms with E-state index in [2.05, 4.69) is 4.98 Å². The maximum Gasteiger partial charge on any atom is 0.374 e. The van der Waals surface area contributed by atoms with Gasteiger partial charge in [0.25, 0.3) is 0 Å². The fourth-order valence-electron chi connectivity index (χ4n) is 1.50. The number of sulfone groups is 1. The number of hydrogen-bond donors (Lipinski definition) is 0. The highest BCUT2D eigenvalue weighted by Crippen LogP contribution is 2.15. The number of halogens is 1. The van der Waals surface area contributed by atoms with Crippen LogP contribution in [-0.2, 0) is 15.6 Å². The second-order valence-electron chi connectivity index (χ2n) is 3.90. The smallest absolute Gasteiger partial charge is 0.374 e. The molecule has 0 radical (unpaired) electrons. The molecule has 0 fully saturated rings. The van der Waals surface area contributed by atoms with Crippen molar-refractivity contribution in [2.45, 2.75) is 17.7 Å². The van der Waals surface area contributed by atoms with Crippen LogP contribution in [0.25, 0.3) is 0 Å². The van der Waals surface area contributed by atoms with Crippen molar-refractivity contribution in [1.29, 1.82) is 0 Å². The summed E-state index contributed by atoms with van der Waals surface area (Å²) in [6.07, 6.45) is 0. The molecule has 0 amide bonds. The minimum atomic E-state index is -3.89. The average molecular weight is 300 g/mol. The fraction of sp³-hybridized carbons (Fsp3) is 0.167. The Bertz CT molecular complexity index is 753. The monoisotopic (exact) mass is 299 g/mol. The van der Waals surface area contributed by atoms with E-state index < -0.39 is 20.5 Å². The molecule has 100 valence electrons. The van der Waals surface area contributed by atoms with E-state index in [1.807, 2.05) is 0 Å². The molecule has 0 unspecified atom stereocenters. The van der Waals surface area contributed by atoms with E-state index in [1.54, 1.807) is 30.3 Å². The van der Waals surface area contributed by atoms with Gasteiger partial charge in [0.15, 0.2) is 5.15 Å². The molecule has 1 heterocycles. The maximum atomic E-state index is 12.1. The number of benzene rings is 1. The van der Waals surface area contributed by atoms with Gasteiger partial charge in [0.05, 0.1) is 5.75 Å². The second-order valence-corrected chi connectivity index (χ2v) is 6.16. The molecule has 0 aliphatic rings. The van der Waals surface area contributed by atoms with Gasteiger partial charge < -0.3 is 4.42 Å². The molecule has 0 saturated heterocycles. The van der Waals surface area contributed by atoms with Crippen molar-refractivity contribution in [3.05, 3.63) is 57.2 Å². The number of rotatable bonds is 3. The molecule has 0 spiro atoms. The van der Waals surface area contributed by atoms with Crippen LogP contribution in [0.1, 0.15) is 11.3 Å². The zero-order valence-electron chi connectivity index (χ0n) is 9.96. The molecular weight excluding hydrogens is 290 g/mol. The molecular formula is C12H10ClNO4S. The highest BCUT2D eigenvalue weighted by Gasteiger charge is 2.23. The van der Waals surface area contributed by atoms with Crippen LogP contribution in [0.4, 0.5) is 0 Å². The van der Waals surface area contributed by atoms with Gasteiger partial charge in [0, 0.05) is 0 Å². The molecule has 5 nitrogen and oxygen atoms in total. The molecule has 2 rings (SSSR count). The van der Waals surface area contributed by atoms with Crippen LogP contribution in [0.5, 0.6) is 0 Å². The number of hydrogen-bond acceptors (Lipinski definition) is 5. The van der Waals surface area contributed by atoms with E-state index in [4.69, 9.17) is 16.0 Å². The van der Waals surface area contributed by atoms with Gasteiger partial charge >= 0.3 is 5.63 Å². The van der Waals surface area contributed by atoms with E-state index in [0.29, 0.717) is 5.56 Å². The van der Waals surface area contributed by atoms with Crippen LogP contribution in [0, 0.1) is 6.92 Å². The molecule has 0 bridgehead atoms. The Morgan fingerprint density at radius 3 is 2.53 bits per heavy atom. The van der Waals surface area contributed by atoms with E-state index in [0.717, 1.165) is 0 Å². The zero-order valence-corrected chi connectivity index (χ0v) is 11.5. The Hall–Kier alpha value is -1.66. The first kappa shape index (κ1) is 13.8. The summed E-state index contributed by atoms with van der Waals surface area (Å²) in [7, 11) is -3.89. The van der Waals surface area contributed by atoms with E-state index in [1.165, 1.54) is 6.92 Å². The fourth-order valence-corrected chi connectivity index (χ4v) is 2.96. The third kappa shape index (κ3) is 3.02. The third-order valence-electron chi connectivity index (χ3n) is 2.40. The van der Waals surface area contributed by atoms with Crippen molar-refractivity contribution in [3.63, 3.8) is 0 Å². The summed E-state index contributed by atoms with van der Waals surface area (Å²) in [5, 5.41) is -0.793. The lowest BCUT2D eigenvalue weighted by Crippen LogP contribution is -2.19. The predicted octanol–water partition coefficient (Wildman–Crippen LogP) is 1.97. The van der Waals surface area contributed by atoms with Crippen LogP contribution >= 0.6 is 11.6 Å². The van der Waals surface area contributed by atoms with Gasteiger partial charge in [-0.2, -0.15) is 0 Å². The average Bonchev–Trinajstić information content (AvgIpc) is 2.34. The van der Waals surface area contributed by atoms with E-state index >= 15 is 0 Å². The molecule has 19 heavy (non-hydrogen) atoms. The predicted molar refractivity (Wildman–Crippen MR) is 69.9 cm³/mol. The Morgan fingerprint density at radius 2 is 1.89 bits per heavy atom. The van der Waals surface area contributed by atoms with Crippen LogP contribution in [-0.4, -0.2) is 13.4 Å². The molecule has 2 aromatic rings. The molecule has 0 atom stereocenters. The molecule has 7 heteroatoms. The zero-order chi connectivity index (χ0) is 14.0. The molecule has 1 aromatic carbocycles. The molecule has 0 aliphatic carbocycles. The van der Waals surface area contributed by atoms with Gasteiger partial charge in [0.2, 0.25) is 14.9 Å². The number of aryl methyl sites for hydroxylation is 1. The lowest BCUT2D eigenvalue weighted by molar-refractivity contribution is 0.447. The van der Waals surface area contributed by atoms with Crippen LogP contribution in [0.15, 0.2) is 44.6 Å². The van der Waals surface area contributed by atoms with Crippen molar-refractivity contribution in [3.8, 4) is 0 Å². The lowest BCUT2D eigenvalue weighted by atomic mass is 10.2. The van der Waals surface area contributed by atoms with Crippen molar-refractivity contribution in [2.75, 3.05) is 0 Å². The summed E-state index contributed by atoms with van der Waals surface area (Å²) in [6, 6.07) is 8.49. The van der Waals surface area contributed by atoms with Crippen molar-refractivity contribution in [1.82, 2.24) is 4.98 Å². The van der Waals surface area contributed by atoms with Crippen LogP contribution in [0.2, 0.25) is 5.15 Å².